The number of hydrogen-bond acceptors (Lipinski definition) is 5. The molecular formula is C23H21N3O5. The fourth-order valence-corrected chi connectivity index (χ4v) is 2.91. The average Bonchev–Trinajstić information content (AvgIpc) is 2.78. The Morgan fingerprint density at radius 2 is 1.71 bits per heavy atom. The molecule has 3 rings (SSSR count). The van der Waals surface area contributed by atoms with Crippen LogP contribution in [0.2, 0.25) is 0 Å². The molecule has 1 atom stereocenters. The molecule has 0 aromatic heterocycles. The largest absolute Gasteiger partial charge is 0.484 e. The van der Waals surface area contributed by atoms with Gasteiger partial charge in [0.05, 0.1) is 28.3 Å². The van der Waals surface area contributed by atoms with E-state index < -0.39 is 10.8 Å². The molecule has 3 aromatic rings. The molecule has 8 heteroatoms. The van der Waals surface area contributed by atoms with E-state index in [1.54, 1.807) is 24.3 Å². The van der Waals surface area contributed by atoms with Gasteiger partial charge in [-0.2, -0.15) is 0 Å². The molecule has 31 heavy (non-hydrogen) atoms. The minimum Gasteiger partial charge on any atom is -0.484 e. The van der Waals surface area contributed by atoms with Crippen molar-refractivity contribution in [2.24, 2.45) is 0 Å². The first-order valence-corrected chi connectivity index (χ1v) is 9.56. The third-order valence-electron chi connectivity index (χ3n) is 4.49. The first kappa shape index (κ1) is 21.5. The summed E-state index contributed by atoms with van der Waals surface area (Å²) in [4.78, 5) is 35.4. The van der Waals surface area contributed by atoms with Crippen molar-refractivity contribution >= 4 is 23.2 Å². The maximum absolute atomic E-state index is 12.8. The van der Waals surface area contributed by atoms with Crippen molar-refractivity contribution in [3.05, 3.63) is 100 Å². The lowest BCUT2D eigenvalue weighted by molar-refractivity contribution is -0.384. The second kappa shape index (κ2) is 10.0. The molecule has 0 saturated heterocycles. The van der Waals surface area contributed by atoms with Crippen molar-refractivity contribution in [2.75, 3.05) is 11.9 Å². The summed E-state index contributed by atoms with van der Waals surface area (Å²) >= 11 is 0. The molecule has 0 aliphatic heterocycles. The summed E-state index contributed by atoms with van der Waals surface area (Å²) in [6.07, 6.45) is 0. The number of para-hydroxylation sites is 1. The molecule has 0 fully saturated rings. The Morgan fingerprint density at radius 1 is 1.00 bits per heavy atom. The van der Waals surface area contributed by atoms with Crippen LogP contribution in [0.5, 0.6) is 5.75 Å². The van der Waals surface area contributed by atoms with Gasteiger partial charge in [0.15, 0.2) is 6.61 Å². The Labute approximate surface area is 179 Å². The highest BCUT2D eigenvalue weighted by Crippen LogP contribution is 2.20. The quantitative estimate of drug-likeness (QED) is 0.422. The van der Waals surface area contributed by atoms with Crippen LogP contribution in [-0.2, 0) is 4.79 Å². The zero-order valence-electron chi connectivity index (χ0n) is 16.8. The maximum atomic E-state index is 12.8. The highest BCUT2D eigenvalue weighted by atomic mass is 16.6. The van der Waals surface area contributed by atoms with Crippen LogP contribution in [0, 0.1) is 10.1 Å². The number of carbonyl (C=O) groups excluding carboxylic acids is 2. The van der Waals surface area contributed by atoms with E-state index in [-0.39, 0.29) is 30.0 Å². The van der Waals surface area contributed by atoms with Crippen molar-refractivity contribution in [3.63, 3.8) is 0 Å². The van der Waals surface area contributed by atoms with Gasteiger partial charge in [-0.25, -0.2) is 0 Å². The third-order valence-corrected chi connectivity index (χ3v) is 4.49. The molecule has 2 amide bonds. The number of benzene rings is 3. The summed E-state index contributed by atoms with van der Waals surface area (Å²) in [5.41, 5.74) is 1.48. The summed E-state index contributed by atoms with van der Waals surface area (Å²) in [6.45, 7) is 1.51. The maximum Gasteiger partial charge on any atom is 0.273 e. The van der Waals surface area contributed by atoms with Crippen molar-refractivity contribution in [1.29, 1.82) is 0 Å². The molecule has 158 valence electrons. The Bertz CT molecular complexity index is 1090. The number of non-ortho nitro benzene ring substituents is 1. The van der Waals surface area contributed by atoms with Gasteiger partial charge in [0, 0.05) is 6.07 Å². The van der Waals surface area contributed by atoms with Gasteiger partial charge in [0.25, 0.3) is 17.5 Å². The lowest BCUT2D eigenvalue weighted by atomic mass is 10.1. The predicted molar refractivity (Wildman–Crippen MR) is 116 cm³/mol. The van der Waals surface area contributed by atoms with Crippen LogP contribution in [-0.4, -0.2) is 23.3 Å². The number of anilines is 1. The van der Waals surface area contributed by atoms with Crippen molar-refractivity contribution in [3.8, 4) is 5.75 Å². The predicted octanol–water partition coefficient (Wildman–Crippen LogP) is 4.10. The molecular weight excluding hydrogens is 398 g/mol. The number of nitrogens with zero attached hydrogens (tertiary/aromatic N) is 1. The minimum atomic E-state index is -0.543. The van der Waals surface area contributed by atoms with Gasteiger partial charge in [0.1, 0.15) is 5.75 Å². The summed E-state index contributed by atoms with van der Waals surface area (Å²) in [5.74, 6) is -0.623. The molecule has 0 saturated carbocycles. The van der Waals surface area contributed by atoms with Gasteiger partial charge in [-0.15, -0.1) is 0 Å². The molecule has 0 heterocycles. The van der Waals surface area contributed by atoms with Crippen molar-refractivity contribution < 1.29 is 19.2 Å². The van der Waals surface area contributed by atoms with E-state index >= 15 is 0 Å². The van der Waals surface area contributed by atoms with Crippen LogP contribution < -0.4 is 15.4 Å². The number of rotatable bonds is 8. The van der Waals surface area contributed by atoms with Gasteiger partial charge in [-0.1, -0.05) is 48.5 Å². The first-order chi connectivity index (χ1) is 14.9. The van der Waals surface area contributed by atoms with E-state index in [1.807, 2.05) is 37.3 Å². The molecule has 1 unspecified atom stereocenters. The van der Waals surface area contributed by atoms with E-state index in [9.17, 15) is 19.7 Å². The summed E-state index contributed by atoms with van der Waals surface area (Å²) in [5, 5.41) is 16.4. The molecule has 0 bridgehead atoms. The highest BCUT2D eigenvalue weighted by molar-refractivity contribution is 6.04. The molecule has 3 aromatic carbocycles. The summed E-state index contributed by atoms with van der Waals surface area (Å²) in [6, 6.07) is 21.5. The fourth-order valence-electron chi connectivity index (χ4n) is 2.91. The van der Waals surface area contributed by atoms with Gasteiger partial charge in [-0.3, -0.25) is 19.7 Å². The van der Waals surface area contributed by atoms with Crippen LogP contribution in [0.3, 0.4) is 0 Å². The van der Waals surface area contributed by atoms with Gasteiger partial charge >= 0.3 is 0 Å². The number of nitro groups is 1. The Hall–Kier alpha value is -4.20. The Kier molecular flexibility index (Phi) is 6.95. The zero-order valence-corrected chi connectivity index (χ0v) is 16.8. The number of nitrogens with one attached hydrogen (secondary N) is 2. The topological polar surface area (TPSA) is 111 Å². The van der Waals surface area contributed by atoms with Crippen LogP contribution in [0.1, 0.15) is 28.9 Å². The fraction of sp³-hybridized carbons (Fsp3) is 0.130. The van der Waals surface area contributed by atoms with E-state index in [0.717, 1.165) is 5.56 Å². The number of nitro benzene ring substituents is 1. The van der Waals surface area contributed by atoms with E-state index in [1.165, 1.54) is 24.3 Å². The second-order valence-electron chi connectivity index (χ2n) is 6.74. The molecule has 0 aliphatic rings. The summed E-state index contributed by atoms with van der Waals surface area (Å²) in [7, 11) is 0. The van der Waals surface area contributed by atoms with E-state index in [4.69, 9.17) is 4.74 Å². The normalized spacial score (nSPS) is 11.3. The van der Waals surface area contributed by atoms with E-state index in [0.29, 0.717) is 11.3 Å². The average molecular weight is 419 g/mol. The minimum absolute atomic E-state index is 0.132. The first-order valence-electron chi connectivity index (χ1n) is 9.56. The van der Waals surface area contributed by atoms with Gasteiger partial charge in [-0.05, 0) is 30.7 Å². The standard InChI is InChI=1S/C23H21N3O5/c1-16(17-8-3-2-4-9-17)24-23(28)20-12-5-6-13-21(20)25-22(27)15-31-19-11-7-10-18(14-19)26(29)30/h2-14,16H,15H2,1H3,(H,24,28)(H,25,27). The van der Waals surface area contributed by atoms with Crippen LogP contribution in [0.4, 0.5) is 11.4 Å². The SMILES string of the molecule is CC(NC(=O)c1ccccc1NC(=O)COc1cccc([N+](=O)[O-])c1)c1ccccc1. The zero-order chi connectivity index (χ0) is 22.2. The number of carbonyl (C=O) groups is 2. The van der Waals surface area contributed by atoms with Crippen LogP contribution in [0.25, 0.3) is 0 Å². The molecule has 8 nitrogen and oxygen atoms in total. The molecule has 0 aliphatic carbocycles. The van der Waals surface area contributed by atoms with Crippen LogP contribution >= 0.6 is 0 Å². The highest BCUT2D eigenvalue weighted by Gasteiger charge is 2.16. The lowest BCUT2D eigenvalue weighted by Gasteiger charge is -2.16. The number of ether oxygens (including phenoxy) is 1. The van der Waals surface area contributed by atoms with Gasteiger partial charge < -0.3 is 15.4 Å². The second-order valence-corrected chi connectivity index (χ2v) is 6.74. The summed E-state index contributed by atoms with van der Waals surface area (Å²) < 4.78 is 5.34. The Balaban J connectivity index is 1.63. The smallest absolute Gasteiger partial charge is 0.273 e. The molecule has 2 N–H and O–H groups in total. The molecule has 0 spiro atoms. The number of amides is 2. The lowest BCUT2D eigenvalue weighted by Crippen LogP contribution is -2.28. The third kappa shape index (κ3) is 5.89. The Morgan fingerprint density at radius 3 is 2.45 bits per heavy atom. The molecule has 0 radical (unpaired) electrons. The van der Waals surface area contributed by atoms with E-state index in [2.05, 4.69) is 10.6 Å². The number of hydrogen-bond donors (Lipinski definition) is 2. The van der Waals surface area contributed by atoms with Crippen molar-refractivity contribution in [2.45, 2.75) is 13.0 Å². The monoisotopic (exact) mass is 419 g/mol. The van der Waals surface area contributed by atoms with Crippen LogP contribution in [0.15, 0.2) is 78.9 Å². The van der Waals surface area contributed by atoms with Crippen molar-refractivity contribution in [1.82, 2.24) is 5.32 Å². The van der Waals surface area contributed by atoms with Gasteiger partial charge in [0.2, 0.25) is 0 Å².